The summed E-state index contributed by atoms with van der Waals surface area (Å²) in [6.45, 7) is 0.286. The number of H-pyrrole nitrogens is 1. The molecule has 35 heavy (non-hydrogen) atoms. The van der Waals surface area contributed by atoms with Crippen LogP contribution in [0.5, 0.6) is 0 Å². The van der Waals surface area contributed by atoms with Gasteiger partial charge >= 0.3 is 5.69 Å². The molecule has 2 heterocycles. The van der Waals surface area contributed by atoms with Gasteiger partial charge in [0.25, 0.3) is 11.2 Å². The third-order valence-corrected chi connectivity index (χ3v) is 5.67. The number of rotatable bonds is 6. The van der Waals surface area contributed by atoms with Gasteiger partial charge in [0.2, 0.25) is 5.95 Å². The summed E-state index contributed by atoms with van der Waals surface area (Å²) >= 11 is 0. The number of nitro groups is 1. The van der Waals surface area contributed by atoms with Crippen LogP contribution in [-0.4, -0.2) is 30.2 Å². The fourth-order valence-electron chi connectivity index (χ4n) is 3.96. The molecule has 0 aliphatic rings. The lowest BCUT2D eigenvalue weighted by Gasteiger charge is -2.11. The van der Waals surface area contributed by atoms with Crippen molar-refractivity contribution in [1.82, 2.24) is 19.1 Å². The zero-order valence-electron chi connectivity index (χ0n) is 18.5. The van der Waals surface area contributed by atoms with Gasteiger partial charge in [-0.05, 0) is 16.3 Å². The molecule has 0 saturated carbocycles. The molecule has 5 aromatic rings. The summed E-state index contributed by atoms with van der Waals surface area (Å²) in [5, 5.41) is 17.3. The van der Waals surface area contributed by atoms with Gasteiger partial charge in [-0.25, -0.2) is 10.2 Å². The predicted molar refractivity (Wildman–Crippen MR) is 133 cm³/mol. The number of non-ortho nitro benzene ring substituents is 1. The zero-order chi connectivity index (χ0) is 24.5. The number of hydrogen-bond donors (Lipinski definition) is 2. The first-order valence-corrected chi connectivity index (χ1v) is 10.6. The molecular weight excluding hydrogens is 450 g/mol. The third-order valence-electron chi connectivity index (χ3n) is 5.67. The number of aryl methyl sites for hydroxylation is 1. The SMILES string of the molecule is Cn1c(=O)[nH]c(=O)c2c1nc(N/N=C/c1cccc([N+](=O)[O-])c1)n2Cc1cccc2ccccc12. The van der Waals surface area contributed by atoms with Crippen molar-refractivity contribution in [2.24, 2.45) is 12.1 Å². The summed E-state index contributed by atoms with van der Waals surface area (Å²) < 4.78 is 2.91. The molecule has 2 N–H and O–H groups in total. The highest BCUT2D eigenvalue weighted by atomic mass is 16.6. The topological polar surface area (TPSA) is 140 Å². The van der Waals surface area contributed by atoms with Crippen LogP contribution in [0.1, 0.15) is 11.1 Å². The van der Waals surface area contributed by atoms with Gasteiger partial charge in [0.05, 0.1) is 17.7 Å². The second-order valence-corrected chi connectivity index (χ2v) is 7.87. The lowest BCUT2D eigenvalue weighted by atomic mass is 10.0. The maximum atomic E-state index is 12.8. The molecule has 0 saturated heterocycles. The summed E-state index contributed by atoms with van der Waals surface area (Å²) in [6, 6.07) is 19.8. The second kappa shape index (κ2) is 8.71. The number of nitro benzene ring substituents is 1. The lowest BCUT2D eigenvalue weighted by molar-refractivity contribution is -0.384. The number of nitrogens with zero attached hydrogens (tertiary/aromatic N) is 5. The van der Waals surface area contributed by atoms with Gasteiger partial charge in [0.15, 0.2) is 11.2 Å². The Balaban J connectivity index is 1.60. The molecule has 0 amide bonds. The van der Waals surface area contributed by atoms with Crippen molar-refractivity contribution >= 4 is 39.8 Å². The molecule has 174 valence electrons. The van der Waals surface area contributed by atoms with Gasteiger partial charge in [-0.3, -0.25) is 29.0 Å². The second-order valence-electron chi connectivity index (χ2n) is 7.87. The van der Waals surface area contributed by atoms with Crippen LogP contribution in [0.25, 0.3) is 21.9 Å². The van der Waals surface area contributed by atoms with Crippen molar-refractivity contribution in [2.45, 2.75) is 6.54 Å². The lowest BCUT2D eigenvalue weighted by Crippen LogP contribution is -2.29. The highest BCUT2D eigenvalue weighted by Gasteiger charge is 2.18. The predicted octanol–water partition coefficient (Wildman–Crippen LogP) is 2.98. The van der Waals surface area contributed by atoms with Crippen LogP contribution in [0.15, 0.2) is 81.4 Å². The van der Waals surface area contributed by atoms with Crippen LogP contribution < -0.4 is 16.7 Å². The molecule has 2 aromatic heterocycles. The maximum absolute atomic E-state index is 12.8. The van der Waals surface area contributed by atoms with E-state index in [-0.39, 0.29) is 29.3 Å². The molecule has 11 heteroatoms. The number of hydrogen-bond acceptors (Lipinski definition) is 7. The van der Waals surface area contributed by atoms with Crippen molar-refractivity contribution in [2.75, 3.05) is 5.43 Å². The van der Waals surface area contributed by atoms with Crippen molar-refractivity contribution in [3.8, 4) is 0 Å². The Kier molecular flexibility index (Phi) is 5.41. The van der Waals surface area contributed by atoms with Crippen LogP contribution in [0, 0.1) is 10.1 Å². The fourth-order valence-corrected chi connectivity index (χ4v) is 3.96. The molecule has 0 atom stereocenters. The number of fused-ring (bicyclic) bond motifs is 2. The van der Waals surface area contributed by atoms with Crippen LogP contribution >= 0.6 is 0 Å². The van der Waals surface area contributed by atoms with Gasteiger partial charge in [-0.15, -0.1) is 0 Å². The number of imidazole rings is 1. The van der Waals surface area contributed by atoms with Gasteiger partial charge < -0.3 is 0 Å². The van der Waals surface area contributed by atoms with E-state index in [0.717, 1.165) is 16.3 Å². The first kappa shape index (κ1) is 21.8. The van der Waals surface area contributed by atoms with Crippen molar-refractivity contribution < 1.29 is 4.92 Å². The van der Waals surface area contributed by atoms with Crippen LogP contribution in [0.3, 0.4) is 0 Å². The van der Waals surface area contributed by atoms with Gasteiger partial charge in [-0.2, -0.15) is 10.1 Å². The molecule has 0 radical (unpaired) electrons. The highest BCUT2D eigenvalue weighted by molar-refractivity contribution is 5.86. The molecular formula is C24H19N7O4. The Morgan fingerprint density at radius 2 is 1.89 bits per heavy atom. The Labute approximate surface area is 197 Å². The monoisotopic (exact) mass is 469 g/mol. The van der Waals surface area contributed by atoms with E-state index < -0.39 is 16.2 Å². The number of benzene rings is 3. The van der Waals surface area contributed by atoms with Crippen molar-refractivity contribution in [1.29, 1.82) is 0 Å². The smallest absolute Gasteiger partial charge is 0.298 e. The van der Waals surface area contributed by atoms with Crippen molar-refractivity contribution in [3.05, 3.63) is 109 Å². The van der Waals surface area contributed by atoms with Crippen molar-refractivity contribution in [3.63, 3.8) is 0 Å². The molecule has 3 aromatic carbocycles. The largest absolute Gasteiger partial charge is 0.329 e. The molecule has 5 rings (SSSR count). The fraction of sp³-hybridized carbons (Fsp3) is 0.0833. The summed E-state index contributed by atoms with van der Waals surface area (Å²) in [5.41, 5.74) is 3.50. The summed E-state index contributed by atoms with van der Waals surface area (Å²) in [6.07, 6.45) is 1.41. The summed E-state index contributed by atoms with van der Waals surface area (Å²) in [5.74, 6) is 0.237. The van der Waals surface area contributed by atoms with Crippen LogP contribution in [0.4, 0.5) is 11.6 Å². The first-order valence-electron chi connectivity index (χ1n) is 10.6. The molecule has 0 spiro atoms. The Morgan fingerprint density at radius 3 is 2.71 bits per heavy atom. The molecule has 11 nitrogen and oxygen atoms in total. The maximum Gasteiger partial charge on any atom is 0.329 e. The van der Waals surface area contributed by atoms with Gasteiger partial charge in [0, 0.05) is 24.7 Å². The van der Waals surface area contributed by atoms with E-state index in [2.05, 4.69) is 20.5 Å². The minimum absolute atomic E-state index is 0.0568. The normalized spacial score (nSPS) is 11.5. The Morgan fingerprint density at radius 1 is 1.11 bits per heavy atom. The van der Waals surface area contributed by atoms with Gasteiger partial charge in [-0.1, -0.05) is 54.6 Å². The third kappa shape index (κ3) is 4.06. The Hall–Kier alpha value is -5.06. The van der Waals surface area contributed by atoms with E-state index in [4.69, 9.17) is 0 Å². The molecule has 0 aliphatic heterocycles. The van der Waals surface area contributed by atoms with E-state index >= 15 is 0 Å². The average Bonchev–Trinajstić information content (AvgIpc) is 3.22. The number of nitrogens with one attached hydrogen (secondary N) is 2. The van der Waals surface area contributed by atoms with Gasteiger partial charge in [0.1, 0.15) is 0 Å². The van der Waals surface area contributed by atoms with E-state index in [9.17, 15) is 19.7 Å². The van der Waals surface area contributed by atoms with E-state index in [1.807, 2.05) is 42.5 Å². The highest BCUT2D eigenvalue weighted by Crippen LogP contribution is 2.23. The van der Waals surface area contributed by atoms with E-state index in [1.165, 1.54) is 30.0 Å². The van der Waals surface area contributed by atoms with E-state index in [1.54, 1.807) is 16.7 Å². The minimum atomic E-state index is -0.580. The number of anilines is 1. The van der Waals surface area contributed by atoms with Crippen LogP contribution in [0.2, 0.25) is 0 Å². The number of aromatic amines is 1. The molecule has 0 fully saturated rings. The van der Waals surface area contributed by atoms with Crippen LogP contribution in [-0.2, 0) is 13.6 Å². The molecule has 0 unspecified atom stereocenters. The minimum Gasteiger partial charge on any atom is -0.298 e. The van der Waals surface area contributed by atoms with E-state index in [0.29, 0.717) is 5.56 Å². The average molecular weight is 469 g/mol. The first-order chi connectivity index (χ1) is 16.9. The Bertz CT molecular complexity index is 1740. The number of aromatic nitrogens is 4. The number of hydrazone groups is 1. The summed E-state index contributed by atoms with van der Waals surface area (Å²) in [7, 11) is 1.52. The molecule has 0 bridgehead atoms. The molecule has 0 aliphatic carbocycles. The zero-order valence-corrected chi connectivity index (χ0v) is 18.5. The summed E-state index contributed by atoms with van der Waals surface area (Å²) in [4.78, 5) is 42.2. The standard InChI is InChI=1S/C24H19N7O4/c1-29-21-20(22(32)27-24(29)33)30(14-17-9-5-8-16-7-2-3-11-19(16)17)23(26-21)28-25-13-15-6-4-10-18(12-15)31(34)35/h2-13H,14H2,1H3,(H,26,28)(H,27,32,33)/b25-13+. The quantitative estimate of drug-likeness (QED) is 0.223.